The summed E-state index contributed by atoms with van der Waals surface area (Å²) in [5.41, 5.74) is 1.79. The molecule has 4 nitrogen and oxygen atoms in total. The van der Waals surface area contributed by atoms with Crippen molar-refractivity contribution in [3.8, 4) is 0 Å². The van der Waals surface area contributed by atoms with Crippen molar-refractivity contribution in [2.24, 2.45) is 0 Å². The van der Waals surface area contributed by atoms with E-state index in [1.165, 1.54) is 4.88 Å². The van der Waals surface area contributed by atoms with E-state index in [2.05, 4.69) is 13.0 Å². The van der Waals surface area contributed by atoms with Gasteiger partial charge in [-0.3, -0.25) is 4.79 Å². The summed E-state index contributed by atoms with van der Waals surface area (Å²) >= 11 is 1.68. The van der Waals surface area contributed by atoms with Crippen LogP contribution in [0.25, 0.3) is 0 Å². The zero-order chi connectivity index (χ0) is 17.6. The lowest BCUT2D eigenvalue weighted by Gasteiger charge is -2.25. The van der Waals surface area contributed by atoms with Crippen LogP contribution in [-0.2, 0) is 16.1 Å². The number of aliphatic hydroxyl groups excluding tert-OH is 1. The lowest BCUT2D eigenvalue weighted by molar-refractivity contribution is -0.117. The Morgan fingerprint density at radius 2 is 2.12 bits per heavy atom. The van der Waals surface area contributed by atoms with Gasteiger partial charge in [-0.15, -0.1) is 11.3 Å². The first kappa shape index (κ1) is 18.1. The molecule has 3 rings (SSSR count). The van der Waals surface area contributed by atoms with Crippen molar-refractivity contribution in [2.75, 3.05) is 11.5 Å². The highest BCUT2D eigenvalue weighted by Crippen LogP contribution is 2.29. The van der Waals surface area contributed by atoms with E-state index in [1.54, 1.807) is 11.3 Å². The zero-order valence-corrected chi connectivity index (χ0v) is 15.4. The van der Waals surface area contributed by atoms with Gasteiger partial charge in [-0.25, -0.2) is 0 Å². The van der Waals surface area contributed by atoms with Crippen molar-refractivity contribution in [1.29, 1.82) is 0 Å². The number of ether oxygens (including phenoxy) is 1. The molecule has 0 aliphatic carbocycles. The quantitative estimate of drug-likeness (QED) is 0.765. The molecule has 1 aliphatic rings. The van der Waals surface area contributed by atoms with E-state index >= 15 is 0 Å². The fourth-order valence-electron chi connectivity index (χ4n) is 3.24. The Morgan fingerprint density at radius 1 is 1.32 bits per heavy atom. The first-order chi connectivity index (χ1) is 12.2. The zero-order valence-electron chi connectivity index (χ0n) is 14.6. The van der Waals surface area contributed by atoms with Gasteiger partial charge in [0, 0.05) is 17.0 Å². The van der Waals surface area contributed by atoms with Crippen LogP contribution in [0.3, 0.4) is 0 Å². The molecule has 1 unspecified atom stereocenters. The summed E-state index contributed by atoms with van der Waals surface area (Å²) in [5, 5.41) is 12.1. The maximum absolute atomic E-state index is 12.3. The highest BCUT2D eigenvalue weighted by molar-refractivity contribution is 7.09. The topological polar surface area (TPSA) is 49.8 Å². The predicted octanol–water partition coefficient (Wildman–Crippen LogP) is 4.29. The maximum Gasteiger partial charge on any atom is 0.227 e. The number of carbonyl (C=O) groups excluding carboxylic acids is 1. The van der Waals surface area contributed by atoms with Gasteiger partial charge in [-0.2, -0.15) is 0 Å². The van der Waals surface area contributed by atoms with Crippen LogP contribution in [0.15, 0.2) is 41.8 Å². The molecule has 0 radical (unpaired) electrons. The highest BCUT2D eigenvalue weighted by atomic mass is 32.1. The lowest BCUT2D eigenvalue weighted by atomic mass is 10.0. The number of hydrogen-bond acceptors (Lipinski definition) is 4. The van der Waals surface area contributed by atoms with E-state index in [-0.39, 0.29) is 11.9 Å². The summed E-state index contributed by atoms with van der Waals surface area (Å²) in [6.07, 6.45) is 2.65. The van der Waals surface area contributed by atoms with Crippen molar-refractivity contribution < 1.29 is 14.6 Å². The molecule has 134 valence electrons. The molecular weight excluding hydrogens is 334 g/mol. The van der Waals surface area contributed by atoms with E-state index in [0.717, 1.165) is 30.5 Å². The van der Waals surface area contributed by atoms with Crippen LogP contribution in [0.1, 0.15) is 49.2 Å². The Hall–Kier alpha value is -1.69. The normalized spacial score (nSPS) is 18.7. The Balaban J connectivity index is 1.62. The summed E-state index contributed by atoms with van der Waals surface area (Å²) in [7, 11) is 0. The Morgan fingerprint density at radius 3 is 2.80 bits per heavy atom. The van der Waals surface area contributed by atoms with Gasteiger partial charge in [0.15, 0.2) is 0 Å². The van der Waals surface area contributed by atoms with Crippen molar-refractivity contribution >= 4 is 22.9 Å². The average molecular weight is 359 g/mol. The number of hydrogen-bond donors (Lipinski definition) is 1. The van der Waals surface area contributed by atoms with Crippen molar-refractivity contribution in [2.45, 2.75) is 51.4 Å². The average Bonchev–Trinajstić information content (AvgIpc) is 3.25. The van der Waals surface area contributed by atoms with Gasteiger partial charge in [0.2, 0.25) is 5.91 Å². The number of aliphatic hydroxyl groups is 1. The van der Waals surface area contributed by atoms with Crippen LogP contribution in [0.4, 0.5) is 5.69 Å². The first-order valence-electron chi connectivity index (χ1n) is 8.89. The van der Waals surface area contributed by atoms with Gasteiger partial charge in [-0.05, 0) is 42.0 Å². The van der Waals surface area contributed by atoms with Crippen molar-refractivity contribution in [1.82, 2.24) is 0 Å². The molecule has 0 spiro atoms. The molecule has 1 aromatic carbocycles. The monoisotopic (exact) mass is 359 g/mol. The molecule has 0 saturated carbocycles. The molecule has 1 fully saturated rings. The third-order valence-electron chi connectivity index (χ3n) is 4.58. The van der Waals surface area contributed by atoms with E-state index in [9.17, 15) is 9.90 Å². The summed E-state index contributed by atoms with van der Waals surface area (Å²) in [5.74, 6) is 0.145. The second kappa shape index (κ2) is 8.61. The SMILES string of the molecule is CCCC(O)c1ccc(N2C(=O)CC[C@@H]2COCc2cccs2)cc1. The molecule has 1 amide bonds. The van der Waals surface area contributed by atoms with Gasteiger partial charge in [0.05, 0.1) is 25.4 Å². The Labute approximate surface area is 153 Å². The van der Waals surface area contributed by atoms with Crippen LogP contribution >= 0.6 is 11.3 Å². The second-order valence-electron chi connectivity index (χ2n) is 6.45. The minimum atomic E-state index is -0.432. The fraction of sp³-hybridized carbons (Fsp3) is 0.450. The Kier molecular flexibility index (Phi) is 6.24. The smallest absolute Gasteiger partial charge is 0.227 e. The van der Waals surface area contributed by atoms with Gasteiger partial charge in [0.25, 0.3) is 0 Å². The molecule has 25 heavy (non-hydrogen) atoms. The first-order valence-corrected chi connectivity index (χ1v) is 9.77. The van der Waals surface area contributed by atoms with E-state index in [0.29, 0.717) is 19.6 Å². The Bertz CT molecular complexity index is 669. The minimum absolute atomic E-state index is 0.0823. The number of thiophene rings is 1. The van der Waals surface area contributed by atoms with E-state index < -0.39 is 6.10 Å². The van der Waals surface area contributed by atoms with Crippen molar-refractivity contribution in [3.63, 3.8) is 0 Å². The summed E-state index contributed by atoms with van der Waals surface area (Å²) in [6.45, 7) is 3.20. The second-order valence-corrected chi connectivity index (χ2v) is 7.48. The van der Waals surface area contributed by atoms with E-state index in [1.807, 2.05) is 40.6 Å². The van der Waals surface area contributed by atoms with Crippen LogP contribution in [-0.4, -0.2) is 23.7 Å². The van der Waals surface area contributed by atoms with Crippen LogP contribution in [0.5, 0.6) is 0 Å². The number of amides is 1. The van der Waals surface area contributed by atoms with Gasteiger partial charge < -0.3 is 14.7 Å². The third-order valence-corrected chi connectivity index (χ3v) is 5.43. The van der Waals surface area contributed by atoms with Gasteiger partial charge in [0.1, 0.15) is 0 Å². The number of anilines is 1. The standard InChI is InChI=1S/C20H25NO3S/c1-2-4-19(22)15-6-8-16(9-7-15)21-17(10-11-20(21)23)13-24-14-18-5-3-12-25-18/h3,5-9,12,17,19,22H,2,4,10-11,13-14H2,1H3/t17-,19?/m1/s1. The summed E-state index contributed by atoms with van der Waals surface area (Å²) < 4.78 is 5.83. The van der Waals surface area contributed by atoms with Crippen LogP contribution in [0, 0.1) is 0 Å². The van der Waals surface area contributed by atoms with E-state index in [4.69, 9.17) is 4.74 Å². The molecule has 1 aliphatic heterocycles. The molecule has 1 N–H and O–H groups in total. The molecule has 2 heterocycles. The van der Waals surface area contributed by atoms with Crippen LogP contribution in [0.2, 0.25) is 0 Å². The molecule has 2 aromatic rings. The molecule has 2 atom stereocenters. The highest BCUT2D eigenvalue weighted by Gasteiger charge is 2.32. The number of nitrogens with zero attached hydrogens (tertiary/aromatic N) is 1. The fourth-order valence-corrected chi connectivity index (χ4v) is 3.88. The largest absolute Gasteiger partial charge is 0.388 e. The molecule has 1 saturated heterocycles. The third kappa shape index (κ3) is 4.48. The van der Waals surface area contributed by atoms with Gasteiger partial charge >= 0.3 is 0 Å². The molecule has 5 heteroatoms. The lowest BCUT2D eigenvalue weighted by Crippen LogP contribution is -2.36. The molecule has 1 aromatic heterocycles. The minimum Gasteiger partial charge on any atom is -0.388 e. The van der Waals surface area contributed by atoms with Crippen LogP contribution < -0.4 is 4.90 Å². The van der Waals surface area contributed by atoms with Gasteiger partial charge in [-0.1, -0.05) is 31.5 Å². The number of carbonyl (C=O) groups is 1. The number of benzene rings is 1. The molecule has 0 bridgehead atoms. The van der Waals surface area contributed by atoms with Crippen molar-refractivity contribution in [3.05, 3.63) is 52.2 Å². The molecular formula is C20H25NO3S. The number of rotatable bonds is 8. The summed E-state index contributed by atoms with van der Waals surface area (Å²) in [6, 6.07) is 11.9. The maximum atomic E-state index is 12.3. The predicted molar refractivity (Wildman–Crippen MR) is 101 cm³/mol. The summed E-state index contributed by atoms with van der Waals surface area (Å²) in [4.78, 5) is 15.4.